The van der Waals surface area contributed by atoms with Gasteiger partial charge in [0.2, 0.25) is 5.91 Å². The maximum atomic E-state index is 13.8. The van der Waals surface area contributed by atoms with Gasteiger partial charge in [-0.3, -0.25) is 4.79 Å². The first-order chi connectivity index (χ1) is 8.11. The van der Waals surface area contributed by atoms with Crippen molar-refractivity contribution in [3.63, 3.8) is 0 Å². The fraction of sp³-hybridized carbons (Fsp3) is 0.462. The zero-order chi connectivity index (χ0) is 12.4. The van der Waals surface area contributed by atoms with Gasteiger partial charge in [-0.05, 0) is 30.5 Å². The van der Waals surface area contributed by atoms with E-state index in [-0.39, 0.29) is 17.1 Å². The molecule has 0 aromatic heterocycles. The summed E-state index contributed by atoms with van der Waals surface area (Å²) in [4.78, 5) is 11.2. The summed E-state index contributed by atoms with van der Waals surface area (Å²) in [5, 5.41) is 2.39. The number of amides is 1. The molecule has 0 saturated heterocycles. The molecule has 1 amide bonds. The highest BCUT2D eigenvalue weighted by Gasteiger charge is 2.20. The van der Waals surface area contributed by atoms with Gasteiger partial charge in [0.25, 0.3) is 0 Å². The number of alkyl halides is 1. The average molecular weight is 256 g/mol. The number of hydrogen-bond donors (Lipinski definition) is 1. The van der Waals surface area contributed by atoms with Gasteiger partial charge in [0.05, 0.1) is 5.38 Å². The highest BCUT2D eigenvalue weighted by Crippen LogP contribution is 2.33. The minimum Gasteiger partial charge on any atom is -0.326 e. The van der Waals surface area contributed by atoms with E-state index >= 15 is 0 Å². The number of halogens is 2. The third-order valence-electron chi connectivity index (χ3n) is 3.00. The summed E-state index contributed by atoms with van der Waals surface area (Å²) in [6, 6.07) is 3.17. The van der Waals surface area contributed by atoms with Crippen LogP contribution in [0.4, 0.5) is 10.1 Å². The van der Waals surface area contributed by atoms with E-state index in [0.29, 0.717) is 24.1 Å². The molecule has 1 atom stereocenters. The van der Waals surface area contributed by atoms with Crippen LogP contribution >= 0.6 is 11.6 Å². The van der Waals surface area contributed by atoms with Crippen LogP contribution in [0.3, 0.4) is 0 Å². The van der Waals surface area contributed by atoms with Crippen LogP contribution in [0.25, 0.3) is 0 Å². The van der Waals surface area contributed by atoms with Gasteiger partial charge < -0.3 is 5.32 Å². The quantitative estimate of drug-likeness (QED) is 0.818. The highest BCUT2D eigenvalue weighted by molar-refractivity contribution is 6.20. The van der Waals surface area contributed by atoms with Gasteiger partial charge in [-0.25, -0.2) is 4.39 Å². The van der Waals surface area contributed by atoms with Crippen LogP contribution in [-0.4, -0.2) is 5.91 Å². The normalized spacial score (nSPS) is 16.3. The molecule has 1 N–H and O–H groups in total. The molecular formula is C13H15ClFNO. The Kier molecular flexibility index (Phi) is 3.67. The number of carbonyl (C=O) groups is 1. The van der Waals surface area contributed by atoms with Crippen molar-refractivity contribution in [2.75, 3.05) is 5.32 Å². The summed E-state index contributed by atoms with van der Waals surface area (Å²) in [5.41, 5.74) is 2.11. The lowest BCUT2D eigenvalue weighted by atomic mass is 9.97. The van der Waals surface area contributed by atoms with E-state index in [1.807, 2.05) is 6.92 Å². The fourth-order valence-electron chi connectivity index (χ4n) is 2.07. The maximum Gasteiger partial charge on any atom is 0.224 e. The Morgan fingerprint density at radius 3 is 2.94 bits per heavy atom. The van der Waals surface area contributed by atoms with Gasteiger partial charge >= 0.3 is 0 Å². The number of benzene rings is 1. The summed E-state index contributed by atoms with van der Waals surface area (Å²) in [5.74, 6) is -0.389. The summed E-state index contributed by atoms with van der Waals surface area (Å²) < 4.78 is 13.8. The van der Waals surface area contributed by atoms with Crippen molar-refractivity contribution in [3.05, 3.63) is 29.1 Å². The Balaban J connectivity index is 2.34. The molecule has 0 fully saturated rings. The van der Waals surface area contributed by atoms with E-state index in [4.69, 9.17) is 11.6 Å². The zero-order valence-corrected chi connectivity index (χ0v) is 10.5. The van der Waals surface area contributed by atoms with Crippen molar-refractivity contribution in [3.8, 4) is 0 Å². The lowest BCUT2D eigenvalue weighted by Crippen LogP contribution is -2.19. The van der Waals surface area contributed by atoms with Crippen LogP contribution in [0.2, 0.25) is 0 Å². The van der Waals surface area contributed by atoms with E-state index < -0.39 is 0 Å². The van der Waals surface area contributed by atoms with Crippen LogP contribution in [0.5, 0.6) is 0 Å². The Morgan fingerprint density at radius 2 is 2.24 bits per heavy atom. The summed E-state index contributed by atoms with van der Waals surface area (Å²) in [6.07, 6.45) is 2.79. The molecule has 1 aromatic carbocycles. The Morgan fingerprint density at radius 1 is 1.47 bits per heavy atom. The molecule has 0 bridgehead atoms. The fourth-order valence-corrected chi connectivity index (χ4v) is 2.46. The topological polar surface area (TPSA) is 29.1 Å². The Hall–Kier alpha value is -1.09. The van der Waals surface area contributed by atoms with Crippen LogP contribution in [0, 0.1) is 5.82 Å². The number of rotatable bonds is 3. The number of aryl methyl sites for hydroxylation is 1. The smallest absolute Gasteiger partial charge is 0.224 e. The minimum absolute atomic E-state index is 0.0550. The molecule has 0 radical (unpaired) electrons. The van der Waals surface area contributed by atoms with Crippen LogP contribution in [0.15, 0.2) is 12.1 Å². The van der Waals surface area contributed by atoms with Crippen molar-refractivity contribution in [1.29, 1.82) is 0 Å². The number of nitrogens with one attached hydrogen (secondary N) is 1. The molecule has 0 aliphatic carbocycles. The van der Waals surface area contributed by atoms with Gasteiger partial charge in [0, 0.05) is 17.7 Å². The molecule has 2 nitrogen and oxygen atoms in total. The second-order valence-electron chi connectivity index (χ2n) is 4.34. The summed E-state index contributed by atoms with van der Waals surface area (Å²) in [6.45, 7) is 2.02. The second-order valence-corrected chi connectivity index (χ2v) is 4.86. The van der Waals surface area contributed by atoms with E-state index in [1.165, 1.54) is 6.07 Å². The number of carbonyl (C=O) groups excluding carboxylic acids is 1. The number of fused-ring (bicyclic) bond motifs is 1. The molecule has 1 aliphatic rings. The van der Waals surface area contributed by atoms with Crippen molar-refractivity contribution in [2.24, 2.45) is 0 Å². The number of hydrogen-bond acceptors (Lipinski definition) is 1. The Labute approximate surface area is 105 Å². The standard InChI is InChI=1S/C13H15ClFNO/c1-2-3-10(14)9-6-8-4-5-13(17)16-12(8)7-11(9)15/h6-7,10H,2-5H2,1H3,(H,16,17). The largest absolute Gasteiger partial charge is 0.326 e. The Bertz CT molecular complexity index is 447. The first-order valence-corrected chi connectivity index (χ1v) is 6.31. The van der Waals surface area contributed by atoms with Gasteiger partial charge in [-0.15, -0.1) is 11.6 Å². The lowest BCUT2D eigenvalue weighted by molar-refractivity contribution is -0.116. The van der Waals surface area contributed by atoms with Gasteiger partial charge in [0.1, 0.15) is 5.82 Å². The van der Waals surface area contributed by atoms with Crippen LogP contribution in [-0.2, 0) is 11.2 Å². The minimum atomic E-state index is -0.334. The van der Waals surface area contributed by atoms with Crippen molar-refractivity contribution in [1.82, 2.24) is 0 Å². The number of anilines is 1. The third-order valence-corrected chi connectivity index (χ3v) is 3.45. The third kappa shape index (κ3) is 2.60. The molecule has 1 heterocycles. The second kappa shape index (κ2) is 5.05. The molecule has 2 rings (SSSR count). The molecule has 0 saturated carbocycles. The lowest BCUT2D eigenvalue weighted by Gasteiger charge is -2.19. The van der Waals surface area contributed by atoms with E-state index in [2.05, 4.69) is 5.32 Å². The van der Waals surface area contributed by atoms with Gasteiger partial charge in [-0.2, -0.15) is 0 Å². The summed E-state index contributed by atoms with van der Waals surface area (Å²) >= 11 is 6.16. The van der Waals surface area contributed by atoms with E-state index in [0.717, 1.165) is 18.4 Å². The molecule has 1 unspecified atom stereocenters. The zero-order valence-electron chi connectivity index (χ0n) is 9.72. The van der Waals surface area contributed by atoms with Gasteiger partial charge in [-0.1, -0.05) is 13.3 Å². The van der Waals surface area contributed by atoms with Crippen LogP contribution < -0.4 is 5.32 Å². The van der Waals surface area contributed by atoms with Crippen molar-refractivity contribution >= 4 is 23.2 Å². The molecule has 1 aliphatic heterocycles. The van der Waals surface area contributed by atoms with E-state index in [1.54, 1.807) is 6.07 Å². The van der Waals surface area contributed by atoms with E-state index in [9.17, 15) is 9.18 Å². The molecule has 0 spiro atoms. The first kappa shape index (κ1) is 12.4. The SMILES string of the molecule is CCCC(Cl)c1cc2c(cc1F)NC(=O)CC2. The predicted octanol–water partition coefficient (Wildman–Crippen LogP) is 3.79. The van der Waals surface area contributed by atoms with Crippen molar-refractivity contribution < 1.29 is 9.18 Å². The predicted molar refractivity (Wildman–Crippen MR) is 66.9 cm³/mol. The summed E-state index contributed by atoms with van der Waals surface area (Å²) in [7, 11) is 0. The highest BCUT2D eigenvalue weighted by atomic mass is 35.5. The molecule has 17 heavy (non-hydrogen) atoms. The van der Waals surface area contributed by atoms with Crippen molar-refractivity contribution in [2.45, 2.75) is 38.0 Å². The average Bonchev–Trinajstić information content (AvgIpc) is 2.28. The molecule has 4 heteroatoms. The molecule has 1 aromatic rings. The molecule has 92 valence electrons. The monoisotopic (exact) mass is 255 g/mol. The maximum absolute atomic E-state index is 13.8. The van der Waals surface area contributed by atoms with Gasteiger partial charge in [0.15, 0.2) is 0 Å². The van der Waals surface area contributed by atoms with Crippen LogP contribution in [0.1, 0.15) is 42.7 Å². The first-order valence-electron chi connectivity index (χ1n) is 5.88. The molecular weight excluding hydrogens is 241 g/mol.